The molecule has 0 saturated heterocycles. The van der Waals surface area contributed by atoms with Crippen LogP contribution in [0, 0.1) is 5.82 Å². The number of rotatable bonds is 9. The summed E-state index contributed by atoms with van der Waals surface area (Å²) in [6, 6.07) is 5.00. The maximum absolute atomic E-state index is 13.3. The molecule has 1 N–H and O–H groups in total. The molecule has 1 aromatic rings. The van der Waals surface area contributed by atoms with Crippen molar-refractivity contribution in [3.63, 3.8) is 0 Å². The minimum Gasteiger partial charge on any atom is -0.310 e. The third-order valence-corrected chi connectivity index (χ3v) is 5.77. The van der Waals surface area contributed by atoms with Gasteiger partial charge < -0.3 is 5.32 Å². The van der Waals surface area contributed by atoms with Crippen LogP contribution in [0.1, 0.15) is 44.7 Å². The lowest BCUT2D eigenvalue weighted by Crippen LogP contribution is -2.23. The fraction of sp³-hybridized carbons (Fsp3) is 0.600. The minimum absolute atomic E-state index is 0.0499. The molecular weight excluding hydrogens is 357 g/mol. The molecule has 3 nitrogen and oxygen atoms in total. The molecule has 1 atom stereocenters. The first-order valence-electron chi connectivity index (χ1n) is 7.28. The van der Waals surface area contributed by atoms with Crippen molar-refractivity contribution in [2.24, 2.45) is 0 Å². The minimum atomic E-state index is -2.93. The quantitative estimate of drug-likeness (QED) is 0.708. The molecule has 0 spiro atoms. The van der Waals surface area contributed by atoms with Crippen LogP contribution in [0.2, 0.25) is 0 Å². The summed E-state index contributed by atoms with van der Waals surface area (Å²) in [7, 11) is -2.93. The zero-order valence-electron chi connectivity index (χ0n) is 12.5. The van der Waals surface area contributed by atoms with E-state index in [1.165, 1.54) is 6.07 Å². The van der Waals surface area contributed by atoms with E-state index in [9.17, 15) is 12.8 Å². The third kappa shape index (κ3) is 6.45. The number of hydrogen-bond acceptors (Lipinski definition) is 3. The standard InChI is InChI=1S/C15H23BrFNO2S/c1-3-9-18-15(6-5-10-21(19,20)4-2)12-7-8-14(17)13(16)11-12/h7-8,11,15,18H,3-6,9-10H2,1-2H3. The van der Waals surface area contributed by atoms with Gasteiger partial charge in [-0.3, -0.25) is 0 Å². The van der Waals surface area contributed by atoms with E-state index in [1.807, 2.05) is 0 Å². The smallest absolute Gasteiger partial charge is 0.150 e. The van der Waals surface area contributed by atoms with E-state index >= 15 is 0 Å². The van der Waals surface area contributed by atoms with E-state index in [1.54, 1.807) is 19.1 Å². The van der Waals surface area contributed by atoms with Crippen molar-refractivity contribution in [2.75, 3.05) is 18.1 Å². The molecular formula is C15H23BrFNO2S. The molecule has 0 aliphatic heterocycles. The molecule has 1 unspecified atom stereocenters. The van der Waals surface area contributed by atoms with Crippen molar-refractivity contribution in [1.29, 1.82) is 0 Å². The molecule has 1 rings (SSSR count). The van der Waals surface area contributed by atoms with Gasteiger partial charge in [0, 0.05) is 11.8 Å². The van der Waals surface area contributed by atoms with Crippen molar-refractivity contribution in [1.82, 2.24) is 5.32 Å². The Bertz CT molecular complexity index is 549. The normalized spacial score (nSPS) is 13.3. The molecule has 0 fully saturated rings. The average Bonchev–Trinajstić information content (AvgIpc) is 2.45. The maximum atomic E-state index is 13.3. The lowest BCUT2D eigenvalue weighted by Gasteiger charge is -2.19. The van der Waals surface area contributed by atoms with E-state index in [2.05, 4.69) is 28.2 Å². The van der Waals surface area contributed by atoms with Gasteiger partial charge in [-0.15, -0.1) is 0 Å². The monoisotopic (exact) mass is 379 g/mol. The van der Waals surface area contributed by atoms with Gasteiger partial charge in [-0.05, 0) is 59.4 Å². The maximum Gasteiger partial charge on any atom is 0.150 e. The second-order valence-corrected chi connectivity index (χ2v) is 8.39. The molecule has 120 valence electrons. The van der Waals surface area contributed by atoms with Gasteiger partial charge in [0.05, 0.1) is 10.2 Å². The highest BCUT2D eigenvalue weighted by Gasteiger charge is 2.14. The highest BCUT2D eigenvalue weighted by atomic mass is 79.9. The van der Waals surface area contributed by atoms with Gasteiger partial charge in [-0.2, -0.15) is 0 Å². The first kappa shape index (κ1) is 18.6. The Kier molecular flexibility index (Phi) is 7.84. The largest absolute Gasteiger partial charge is 0.310 e. The van der Waals surface area contributed by atoms with Crippen LogP contribution in [0.15, 0.2) is 22.7 Å². The van der Waals surface area contributed by atoms with Gasteiger partial charge in [0.2, 0.25) is 0 Å². The molecule has 0 aliphatic carbocycles. The Morgan fingerprint density at radius 1 is 1.33 bits per heavy atom. The summed E-state index contributed by atoms with van der Waals surface area (Å²) in [6.07, 6.45) is 2.32. The van der Waals surface area contributed by atoms with Crippen molar-refractivity contribution in [3.8, 4) is 0 Å². The molecule has 0 amide bonds. The topological polar surface area (TPSA) is 46.2 Å². The zero-order valence-corrected chi connectivity index (χ0v) is 14.9. The van der Waals surface area contributed by atoms with Crippen molar-refractivity contribution >= 4 is 25.8 Å². The summed E-state index contributed by atoms with van der Waals surface area (Å²) in [6.45, 7) is 4.59. The SMILES string of the molecule is CCCNC(CCCS(=O)(=O)CC)c1ccc(F)c(Br)c1. The van der Waals surface area contributed by atoms with E-state index in [4.69, 9.17) is 0 Å². The van der Waals surface area contributed by atoms with Crippen LogP contribution in [0.4, 0.5) is 4.39 Å². The fourth-order valence-corrected chi connectivity index (χ4v) is 3.38. The Hall–Kier alpha value is -0.460. The number of halogens is 2. The van der Waals surface area contributed by atoms with Crippen LogP contribution in [-0.2, 0) is 9.84 Å². The van der Waals surface area contributed by atoms with E-state index in [0.717, 1.165) is 24.9 Å². The predicted molar refractivity (Wildman–Crippen MR) is 88.7 cm³/mol. The molecule has 0 bridgehead atoms. The highest BCUT2D eigenvalue weighted by molar-refractivity contribution is 9.10. The third-order valence-electron chi connectivity index (χ3n) is 3.37. The number of sulfone groups is 1. The van der Waals surface area contributed by atoms with Crippen molar-refractivity contribution < 1.29 is 12.8 Å². The average molecular weight is 380 g/mol. The van der Waals surface area contributed by atoms with Gasteiger partial charge in [0.1, 0.15) is 15.7 Å². The molecule has 0 radical (unpaired) electrons. The van der Waals surface area contributed by atoms with Crippen LogP contribution < -0.4 is 5.32 Å². The van der Waals surface area contributed by atoms with Gasteiger partial charge in [-0.1, -0.05) is 19.9 Å². The Labute approximate surface area is 135 Å². The lowest BCUT2D eigenvalue weighted by molar-refractivity contribution is 0.491. The Morgan fingerprint density at radius 2 is 2.05 bits per heavy atom. The highest BCUT2D eigenvalue weighted by Crippen LogP contribution is 2.24. The predicted octanol–water partition coefficient (Wildman–Crippen LogP) is 3.84. The van der Waals surface area contributed by atoms with Gasteiger partial charge >= 0.3 is 0 Å². The van der Waals surface area contributed by atoms with E-state index in [-0.39, 0.29) is 23.4 Å². The van der Waals surface area contributed by atoms with Crippen LogP contribution >= 0.6 is 15.9 Å². The summed E-state index contributed by atoms with van der Waals surface area (Å²) < 4.78 is 36.9. The van der Waals surface area contributed by atoms with E-state index < -0.39 is 9.84 Å². The molecule has 0 aliphatic rings. The van der Waals surface area contributed by atoms with Crippen molar-refractivity contribution in [3.05, 3.63) is 34.1 Å². The number of hydrogen-bond donors (Lipinski definition) is 1. The molecule has 0 heterocycles. The summed E-state index contributed by atoms with van der Waals surface area (Å²) in [5, 5.41) is 3.40. The zero-order chi connectivity index (χ0) is 15.9. The van der Waals surface area contributed by atoms with Gasteiger partial charge in [0.25, 0.3) is 0 Å². The van der Waals surface area contributed by atoms with Crippen LogP contribution in [0.25, 0.3) is 0 Å². The molecule has 0 saturated carbocycles. The molecule has 6 heteroatoms. The van der Waals surface area contributed by atoms with Crippen molar-refractivity contribution in [2.45, 2.75) is 39.2 Å². The van der Waals surface area contributed by atoms with Crippen LogP contribution in [-0.4, -0.2) is 26.5 Å². The number of benzene rings is 1. The second kappa shape index (κ2) is 8.86. The molecule has 21 heavy (non-hydrogen) atoms. The Balaban J connectivity index is 2.73. The fourth-order valence-electron chi connectivity index (χ4n) is 2.09. The molecule has 1 aromatic carbocycles. The first-order chi connectivity index (χ1) is 9.89. The van der Waals surface area contributed by atoms with Crippen LogP contribution in [0.5, 0.6) is 0 Å². The molecule has 0 aromatic heterocycles. The summed E-state index contributed by atoms with van der Waals surface area (Å²) >= 11 is 3.20. The van der Waals surface area contributed by atoms with Gasteiger partial charge in [-0.25, -0.2) is 12.8 Å². The van der Waals surface area contributed by atoms with Crippen LogP contribution in [0.3, 0.4) is 0 Å². The Morgan fingerprint density at radius 3 is 2.62 bits per heavy atom. The first-order valence-corrected chi connectivity index (χ1v) is 9.89. The summed E-state index contributed by atoms with van der Waals surface area (Å²) in [5.74, 6) is 0.0970. The number of nitrogens with one attached hydrogen (secondary N) is 1. The summed E-state index contributed by atoms with van der Waals surface area (Å²) in [5.41, 5.74) is 0.977. The van der Waals surface area contributed by atoms with Gasteiger partial charge in [0.15, 0.2) is 0 Å². The van der Waals surface area contributed by atoms with E-state index in [0.29, 0.717) is 10.9 Å². The summed E-state index contributed by atoms with van der Waals surface area (Å²) in [4.78, 5) is 0. The lowest BCUT2D eigenvalue weighted by atomic mass is 10.0. The second-order valence-electron chi connectivity index (χ2n) is 5.06.